The van der Waals surface area contributed by atoms with Crippen LogP contribution < -0.4 is 5.73 Å². The summed E-state index contributed by atoms with van der Waals surface area (Å²) in [5.41, 5.74) is 5.99. The van der Waals surface area contributed by atoms with Gasteiger partial charge in [0.05, 0.1) is 0 Å². The van der Waals surface area contributed by atoms with E-state index in [1.54, 1.807) is 0 Å². The highest BCUT2D eigenvalue weighted by Gasteiger charge is 2.27. The van der Waals surface area contributed by atoms with Crippen molar-refractivity contribution < 1.29 is 4.74 Å². The summed E-state index contributed by atoms with van der Waals surface area (Å²) >= 11 is 0. The number of hydrogen-bond donors (Lipinski definition) is 1. The smallest absolute Gasteiger partial charge is 0.0468 e. The Morgan fingerprint density at radius 3 is 2.50 bits per heavy atom. The molecule has 0 radical (unpaired) electrons. The molecule has 1 atom stereocenters. The Morgan fingerprint density at radius 2 is 1.93 bits per heavy atom. The van der Waals surface area contributed by atoms with Crippen LogP contribution in [0.25, 0.3) is 0 Å². The lowest BCUT2D eigenvalue weighted by Crippen LogP contribution is -2.22. The largest absolute Gasteiger partial charge is 0.381 e. The molecule has 0 aliphatic heterocycles. The number of rotatable bonds is 8. The molecule has 0 aromatic heterocycles. The van der Waals surface area contributed by atoms with Crippen molar-refractivity contribution >= 4 is 0 Å². The van der Waals surface area contributed by atoms with E-state index in [2.05, 4.69) is 13.8 Å². The molecule has 0 spiro atoms. The summed E-state index contributed by atoms with van der Waals surface area (Å²) in [6.07, 6.45) is 6.17. The number of ether oxygens (including phenoxy) is 1. The summed E-state index contributed by atoms with van der Waals surface area (Å²) in [5.74, 6) is 1.59. The van der Waals surface area contributed by atoms with Gasteiger partial charge in [0.25, 0.3) is 0 Å². The first kappa shape index (κ1) is 12.0. The molecule has 2 heteroatoms. The van der Waals surface area contributed by atoms with Crippen LogP contribution in [0, 0.1) is 11.8 Å². The normalized spacial score (nSPS) is 18.9. The predicted octanol–water partition coefficient (Wildman–Crippen LogP) is 2.57. The topological polar surface area (TPSA) is 35.2 Å². The highest BCUT2D eigenvalue weighted by Crippen LogP contribution is 2.33. The van der Waals surface area contributed by atoms with Crippen LogP contribution in [-0.2, 0) is 4.74 Å². The maximum atomic E-state index is 5.99. The van der Waals surface area contributed by atoms with Gasteiger partial charge in [0, 0.05) is 19.3 Å². The minimum Gasteiger partial charge on any atom is -0.381 e. The summed E-state index contributed by atoms with van der Waals surface area (Å²) in [6, 6.07) is 0.448. The lowest BCUT2D eigenvalue weighted by molar-refractivity contribution is 0.118. The first-order valence-corrected chi connectivity index (χ1v) is 6.03. The van der Waals surface area contributed by atoms with Gasteiger partial charge in [0.1, 0.15) is 0 Å². The lowest BCUT2D eigenvalue weighted by atomic mass is 10.1. The van der Waals surface area contributed by atoms with Gasteiger partial charge in [-0.1, -0.05) is 13.8 Å². The predicted molar refractivity (Wildman–Crippen MR) is 60.2 cm³/mol. The maximum absolute atomic E-state index is 5.99. The van der Waals surface area contributed by atoms with Gasteiger partial charge in [-0.2, -0.15) is 0 Å². The second kappa shape index (κ2) is 6.41. The monoisotopic (exact) mass is 199 g/mol. The van der Waals surface area contributed by atoms with Crippen molar-refractivity contribution in [3.63, 3.8) is 0 Å². The Morgan fingerprint density at radius 1 is 1.21 bits per heavy atom. The second-order valence-corrected chi connectivity index (χ2v) is 4.94. The van der Waals surface area contributed by atoms with Crippen LogP contribution in [0.15, 0.2) is 0 Å². The lowest BCUT2D eigenvalue weighted by Gasteiger charge is -2.10. The van der Waals surface area contributed by atoms with Gasteiger partial charge in [-0.05, 0) is 43.9 Å². The minimum absolute atomic E-state index is 0.448. The van der Waals surface area contributed by atoms with Crippen LogP contribution >= 0.6 is 0 Å². The summed E-state index contributed by atoms with van der Waals surface area (Å²) in [5, 5.41) is 0. The van der Waals surface area contributed by atoms with Crippen molar-refractivity contribution in [3.8, 4) is 0 Å². The highest BCUT2D eigenvalue weighted by molar-refractivity contribution is 4.83. The molecule has 1 aliphatic rings. The first-order valence-electron chi connectivity index (χ1n) is 6.03. The molecule has 0 amide bonds. The number of nitrogens with two attached hydrogens (primary N) is 1. The van der Waals surface area contributed by atoms with Crippen LogP contribution in [0.5, 0.6) is 0 Å². The van der Waals surface area contributed by atoms with E-state index in [1.165, 1.54) is 19.3 Å². The Hall–Kier alpha value is -0.0800. The minimum atomic E-state index is 0.448. The van der Waals surface area contributed by atoms with Gasteiger partial charge in [0.2, 0.25) is 0 Å². The van der Waals surface area contributed by atoms with E-state index in [9.17, 15) is 0 Å². The van der Waals surface area contributed by atoms with E-state index in [4.69, 9.17) is 10.5 Å². The molecule has 0 saturated heterocycles. The molecule has 0 bridgehead atoms. The average molecular weight is 199 g/mol. The van der Waals surface area contributed by atoms with Crippen molar-refractivity contribution in [1.82, 2.24) is 0 Å². The molecule has 0 aromatic carbocycles. The van der Waals surface area contributed by atoms with Gasteiger partial charge in [-0.15, -0.1) is 0 Å². The quantitative estimate of drug-likeness (QED) is 0.610. The maximum Gasteiger partial charge on any atom is 0.0468 e. The highest BCUT2D eigenvalue weighted by atomic mass is 16.5. The van der Waals surface area contributed by atoms with E-state index in [0.717, 1.165) is 37.9 Å². The first-order chi connectivity index (χ1) is 6.70. The molecule has 84 valence electrons. The molecule has 14 heavy (non-hydrogen) atoms. The van der Waals surface area contributed by atoms with E-state index in [1.807, 2.05) is 0 Å². The standard InChI is InChI=1S/C12H25NO/c1-10(2)7-9-14-8-3-4-12(13)11-5-6-11/h10-12H,3-9,13H2,1-2H3. The van der Waals surface area contributed by atoms with Gasteiger partial charge < -0.3 is 10.5 Å². The van der Waals surface area contributed by atoms with E-state index in [-0.39, 0.29) is 0 Å². The Kier molecular flexibility index (Phi) is 5.49. The Bertz CT molecular complexity index is 143. The van der Waals surface area contributed by atoms with Gasteiger partial charge in [-0.25, -0.2) is 0 Å². The van der Waals surface area contributed by atoms with Crippen LogP contribution in [-0.4, -0.2) is 19.3 Å². The van der Waals surface area contributed by atoms with Crippen molar-refractivity contribution in [1.29, 1.82) is 0 Å². The molecule has 0 heterocycles. The van der Waals surface area contributed by atoms with Gasteiger partial charge >= 0.3 is 0 Å². The zero-order valence-corrected chi connectivity index (χ0v) is 9.67. The molecule has 1 saturated carbocycles. The molecule has 1 rings (SSSR count). The molecular formula is C12H25NO. The molecular weight excluding hydrogens is 174 g/mol. The van der Waals surface area contributed by atoms with Crippen LogP contribution in [0.2, 0.25) is 0 Å². The fourth-order valence-corrected chi connectivity index (χ4v) is 1.60. The summed E-state index contributed by atoms with van der Waals surface area (Å²) in [7, 11) is 0. The second-order valence-electron chi connectivity index (χ2n) is 4.94. The van der Waals surface area contributed by atoms with E-state index < -0.39 is 0 Å². The zero-order valence-electron chi connectivity index (χ0n) is 9.67. The van der Waals surface area contributed by atoms with Crippen LogP contribution in [0.3, 0.4) is 0 Å². The summed E-state index contributed by atoms with van der Waals surface area (Å²) in [4.78, 5) is 0. The van der Waals surface area contributed by atoms with Crippen molar-refractivity contribution in [2.24, 2.45) is 17.6 Å². The van der Waals surface area contributed by atoms with E-state index in [0.29, 0.717) is 6.04 Å². The number of hydrogen-bond acceptors (Lipinski definition) is 2. The molecule has 0 aromatic rings. The average Bonchev–Trinajstić information content (AvgIpc) is 2.92. The molecule has 1 fully saturated rings. The van der Waals surface area contributed by atoms with E-state index >= 15 is 0 Å². The summed E-state index contributed by atoms with van der Waals surface area (Å²) in [6.45, 7) is 6.27. The van der Waals surface area contributed by atoms with Crippen molar-refractivity contribution in [2.45, 2.75) is 52.0 Å². The fraction of sp³-hybridized carbons (Fsp3) is 1.00. The third-order valence-electron chi connectivity index (χ3n) is 2.89. The third kappa shape index (κ3) is 5.61. The Balaban J connectivity index is 1.79. The molecule has 2 nitrogen and oxygen atoms in total. The summed E-state index contributed by atoms with van der Waals surface area (Å²) < 4.78 is 5.54. The van der Waals surface area contributed by atoms with Crippen molar-refractivity contribution in [3.05, 3.63) is 0 Å². The third-order valence-corrected chi connectivity index (χ3v) is 2.89. The Labute approximate surface area is 88.2 Å². The van der Waals surface area contributed by atoms with Crippen molar-refractivity contribution in [2.75, 3.05) is 13.2 Å². The molecule has 2 N–H and O–H groups in total. The zero-order chi connectivity index (χ0) is 10.4. The van der Waals surface area contributed by atoms with Crippen LogP contribution in [0.1, 0.15) is 46.0 Å². The van der Waals surface area contributed by atoms with Crippen LogP contribution in [0.4, 0.5) is 0 Å². The molecule has 1 unspecified atom stereocenters. The van der Waals surface area contributed by atoms with Gasteiger partial charge in [0.15, 0.2) is 0 Å². The SMILES string of the molecule is CC(C)CCOCCCC(N)C1CC1. The molecule has 1 aliphatic carbocycles. The van der Waals surface area contributed by atoms with Gasteiger partial charge in [-0.3, -0.25) is 0 Å². The fourth-order valence-electron chi connectivity index (χ4n) is 1.60.